The lowest BCUT2D eigenvalue weighted by Gasteiger charge is -2.14. The Morgan fingerprint density at radius 3 is 2.62 bits per heavy atom. The maximum Gasteiger partial charge on any atom is 0.291 e. The van der Waals surface area contributed by atoms with Gasteiger partial charge in [-0.1, -0.05) is 12.8 Å². The van der Waals surface area contributed by atoms with Gasteiger partial charge in [-0.05, 0) is 31.4 Å². The summed E-state index contributed by atoms with van der Waals surface area (Å²) in [7, 11) is -2.28. The lowest BCUT2D eigenvalue weighted by molar-refractivity contribution is -0.387. The zero-order chi connectivity index (χ0) is 15.6. The van der Waals surface area contributed by atoms with E-state index < -0.39 is 20.6 Å². The molecule has 8 heteroatoms. The second-order valence-corrected chi connectivity index (χ2v) is 7.07. The lowest BCUT2D eigenvalue weighted by atomic mass is 10.2. The predicted molar refractivity (Wildman–Crippen MR) is 79.8 cm³/mol. The molecule has 21 heavy (non-hydrogen) atoms. The molecule has 0 saturated heterocycles. The number of sulfonamides is 1. The summed E-state index contributed by atoms with van der Waals surface area (Å²) in [5, 5.41) is 13.9. The van der Waals surface area contributed by atoms with Crippen LogP contribution in [0.2, 0.25) is 0 Å². The number of rotatable bonds is 7. The van der Waals surface area contributed by atoms with E-state index in [0.717, 1.165) is 19.3 Å². The van der Waals surface area contributed by atoms with Crippen LogP contribution in [-0.4, -0.2) is 26.4 Å². The average molecular weight is 313 g/mol. The number of nitrogens with zero attached hydrogens (tertiary/aromatic N) is 1. The van der Waals surface area contributed by atoms with Crippen LogP contribution in [0.4, 0.5) is 11.4 Å². The van der Waals surface area contributed by atoms with Gasteiger partial charge < -0.3 is 5.32 Å². The fourth-order valence-corrected chi connectivity index (χ4v) is 3.68. The molecule has 2 N–H and O–H groups in total. The highest BCUT2D eigenvalue weighted by Gasteiger charge is 2.30. The highest BCUT2D eigenvalue weighted by molar-refractivity contribution is 7.89. The zero-order valence-corrected chi connectivity index (χ0v) is 12.8. The van der Waals surface area contributed by atoms with E-state index >= 15 is 0 Å². The maximum atomic E-state index is 12.3. The Morgan fingerprint density at radius 1 is 1.43 bits per heavy atom. The first kappa shape index (κ1) is 15.7. The summed E-state index contributed by atoms with van der Waals surface area (Å²) >= 11 is 0. The van der Waals surface area contributed by atoms with E-state index in [4.69, 9.17) is 0 Å². The van der Waals surface area contributed by atoms with Crippen LogP contribution in [0.3, 0.4) is 0 Å². The van der Waals surface area contributed by atoms with Gasteiger partial charge in [-0.25, -0.2) is 13.1 Å². The Morgan fingerprint density at radius 2 is 2.10 bits per heavy atom. The van der Waals surface area contributed by atoms with Crippen LogP contribution >= 0.6 is 0 Å². The smallest absolute Gasteiger partial charge is 0.291 e. The quantitative estimate of drug-likeness (QED) is 0.593. The number of hydrogen-bond acceptors (Lipinski definition) is 5. The number of nitro groups is 1. The van der Waals surface area contributed by atoms with Gasteiger partial charge in [-0.2, -0.15) is 0 Å². The fourth-order valence-electron chi connectivity index (χ4n) is 2.27. The lowest BCUT2D eigenvalue weighted by Crippen LogP contribution is -2.33. The van der Waals surface area contributed by atoms with Crippen LogP contribution < -0.4 is 10.0 Å². The SMILES string of the molecule is CNc1ccc(S(=O)(=O)NC(C)CC2CC2)c([N+](=O)[O-])c1. The first-order chi connectivity index (χ1) is 9.83. The molecule has 1 atom stereocenters. The van der Waals surface area contributed by atoms with Gasteiger partial charge in [-0.15, -0.1) is 0 Å². The van der Waals surface area contributed by atoms with Crippen LogP contribution in [0.1, 0.15) is 26.2 Å². The normalized spacial score (nSPS) is 16.5. The summed E-state index contributed by atoms with van der Waals surface area (Å²) in [6, 6.07) is 3.76. The van der Waals surface area contributed by atoms with Crippen molar-refractivity contribution >= 4 is 21.4 Å². The minimum atomic E-state index is -3.90. The van der Waals surface area contributed by atoms with Gasteiger partial charge in [0.05, 0.1) is 4.92 Å². The molecule has 2 rings (SSSR count). The third-order valence-corrected chi connectivity index (χ3v) is 5.11. The van der Waals surface area contributed by atoms with Gasteiger partial charge in [0.1, 0.15) is 0 Å². The Balaban J connectivity index is 2.27. The molecule has 1 unspecified atom stereocenters. The average Bonchev–Trinajstić information content (AvgIpc) is 3.20. The largest absolute Gasteiger partial charge is 0.388 e. The molecule has 7 nitrogen and oxygen atoms in total. The highest BCUT2D eigenvalue weighted by Crippen LogP contribution is 2.34. The standard InChI is InChI=1S/C13H19N3O4S/c1-9(7-10-3-4-10)15-21(19,20)13-6-5-11(14-2)8-12(13)16(17)18/h5-6,8-10,14-15H,3-4,7H2,1-2H3. The molecule has 1 aliphatic carbocycles. The summed E-state index contributed by atoms with van der Waals surface area (Å²) in [6.07, 6.45) is 3.02. The Hall–Kier alpha value is -1.67. The molecule has 0 aliphatic heterocycles. The molecule has 0 amide bonds. The van der Waals surface area contributed by atoms with Crippen molar-refractivity contribution in [2.24, 2.45) is 5.92 Å². The van der Waals surface area contributed by atoms with Crippen molar-refractivity contribution in [3.05, 3.63) is 28.3 Å². The molecule has 116 valence electrons. The fraction of sp³-hybridized carbons (Fsp3) is 0.538. The molecular formula is C13H19N3O4S. The monoisotopic (exact) mass is 313 g/mol. The molecular weight excluding hydrogens is 294 g/mol. The van der Waals surface area contributed by atoms with Crippen molar-refractivity contribution in [2.45, 2.75) is 37.1 Å². The summed E-state index contributed by atoms with van der Waals surface area (Å²) < 4.78 is 27.2. The molecule has 1 aromatic carbocycles. The number of benzene rings is 1. The van der Waals surface area contributed by atoms with Crippen molar-refractivity contribution in [3.8, 4) is 0 Å². The van der Waals surface area contributed by atoms with Gasteiger partial charge in [0.25, 0.3) is 5.69 Å². The molecule has 0 radical (unpaired) electrons. The van der Waals surface area contributed by atoms with Crippen LogP contribution in [-0.2, 0) is 10.0 Å². The third-order valence-electron chi connectivity index (χ3n) is 3.47. The van der Waals surface area contributed by atoms with Gasteiger partial charge in [0.15, 0.2) is 4.90 Å². The van der Waals surface area contributed by atoms with Gasteiger partial charge in [0.2, 0.25) is 10.0 Å². The Kier molecular flexibility index (Phi) is 4.48. The molecule has 0 bridgehead atoms. The number of nitro benzene ring substituents is 1. The van der Waals surface area contributed by atoms with Crippen LogP contribution in [0.25, 0.3) is 0 Å². The zero-order valence-electron chi connectivity index (χ0n) is 12.0. The van der Waals surface area contributed by atoms with Gasteiger partial charge in [0, 0.05) is 24.8 Å². The van der Waals surface area contributed by atoms with E-state index in [0.29, 0.717) is 11.6 Å². The molecule has 0 heterocycles. The topological polar surface area (TPSA) is 101 Å². The van der Waals surface area contributed by atoms with Crippen LogP contribution in [0, 0.1) is 16.0 Å². The number of hydrogen-bond donors (Lipinski definition) is 2. The summed E-state index contributed by atoms with van der Waals surface area (Å²) in [4.78, 5) is 10.1. The third kappa shape index (κ3) is 3.92. The highest BCUT2D eigenvalue weighted by atomic mass is 32.2. The van der Waals surface area contributed by atoms with Crippen molar-refractivity contribution in [3.63, 3.8) is 0 Å². The first-order valence-electron chi connectivity index (χ1n) is 6.82. The van der Waals surface area contributed by atoms with Crippen molar-refractivity contribution < 1.29 is 13.3 Å². The van der Waals surface area contributed by atoms with Crippen LogP contribution in [0.5, 0.6) is 0 Å². The van der Waals surface area contributed by atoms with E-state index in [9.17, 15) is 18.5 Å². The van der Waals surface area contributed by atoms with Gasteiger partial charge in [-0.3, -0.25) is 10.1 Å². The maximum absolute atomic E-state index is 12.3. The molecule has 1 fully saturated rings. The summed E-state index contributed by atoms with van der Waals surface area (Å²) in [5.41, 5.74) is 0.0691. The molecule has 1 saturated carbocycles. The second kappa shape index (κ2) is 5.98. The summed E-state index contributed by atoms with van der Waals surface area (Å²) in [5.74, 6) is 0.573. The van der Waals surface area contributed by atoms with Gasteiger partial charge >= 0.3 is 0 Å². The van der Waals surface area contributed by atoms with Crippen molar-refractivity contribution in [2.75, 3.05) is 12.4 Å². The first-order valence-corrected chi connectivity index (χ1v) is 8.30. The minimum absolute atomic E-state index is 0.230. The van der Waals surface area contributed by atoms with Crippen molar-refractivity contribution in [1.29, 1.82) is 0 Å². The van der Waals surface area contributed by atoms with E-state index in [1.54, 1.807) is 14.0 Å². The van der Waals surface area contributed by atoms with E-state index in [2.05, 4.69) is 10.0 Å². The molecule has 1 aliphatic rings. The Bertz CT molecular complexity index is 641. The summed E-state index contributed by atoms with van der Waals surface area (Å²) in [6.45, 7) is 1.78. The van der Waals surface area contributed by atoms with E-state index in [1.165, 1.54) is 18.2 Å². The Labute approximate surface area is 123 Å². The molecule has 0 spiro atoms. The van der Waals surface area contributed by atoms with Crippen LogP contribution in [0.15, 0.2) is 23.1 Å². The van der Waals surface area contributed by atoms with E-state index in [-0.39, 0.29) is 10.9 Å². The molecule has 1 aromatic rings. The van der Waals surface area contributed by atoms with Crippen molar-refractivity contribution in [1.82, 2.24) is 4.72 Å². The predicted octanol–water partition coefficient (Wildman–Crippen LogP) is 2.10. The van der Waals surface area contributed by atoms with E-state index in [1.807, 2.05) is 0 Å². The minimum Gasteiger partial charge on any atom is -0.388 e. The number of anilines is 1. The number of nitrogens with one attached hydrogen (secondary N) is 2. The molecule has 0 aromatic heterocycles. The second-order valence-electron chi connectivity index (χ2n) is 5.39.